The van der Waals surface area contributed by atoms with Crippen LogP contribution in [0.15, 0.2) is 59.5 Å². The Morgan fingerprint density at radius 3 is 2.77 bits per heavy atom. The van der Waals surface area contributed by atoms with E-state index in [0.29, 0.717) is 13.0 Å². The van der Waals surface area contributed by atoms with Gasteiger partial charge in [-0.1, -0.05) is 42.5 Å². The van der Waals surface area contributed by atoms with Crippen LogP contribution < -0.4 is 4.90 Å². The van der Waals surface area contributed by atoms with E-state index in [4.69, 9.17) is 4.74 Å². The lowest BCUT2D eigenvalue weighted by molar-refractivity contribution is -0.123. The zero-order chi connectivity index (χ0) is 17.8. The van der Waals surface area contributed by atoms with Gasteiger partial charge >= 0.3 is 0 Å². The largest absolute Gasteiger partial charge is 0.375 e. The number of nitrogens with zero attached hydrogens (tertiary/aromatic N) is 2. The zero-order valence-electron chi connectivity index (χ0n) is 14.8. The number of carbonyl (C=O) groups excluding carboxylic acids is 1. The smallest absolute Gasteiger partial charge is 0.229 e. The Morgan fingerprint density at radius 2 is 1.88 bits per heavy atom. The lowest BCUT2D eigenvalue weighted by Gasteiger charge is -2.35. The monoisotopic (exact) mass is 368 g/mol. The Balaban J connectivity index is 1.37. The Labute approximate surface area is 159 Å². The topological polar surface area (TPSA) is 32.8 Å². The fourth-order valence-corrected chi connectivity index (χ4v) is 4.62. The van der Waals surface area contributed by atoms with Gasteiger partial charge in [0.1, 0.15) is 0 Å². The second-order valence-corrected chi connectivity index (χ2v) is 7.92. The first kappa shape index (κ1) is 17.6. The number of ether oxygens (including phenoxy) is 1. The number of hydrogen-bond donors (Lipinski definition) is 0. The molecule has 0 aliphatic carbocycles. The van der Waals surface area contributed by atoms with E-state index in [1.165, 1.54) is 10.5 Å². The molecule has 2 aromatic rings. The second kappa shape index (κ2) is 8.25. The summed E-state index contributed by atoms with van der Waals surface area (Å²) < 4.78 is 5.90. The van der Waals surface area contributed by atoms with Crippen LogP contribution in [-0.4, -0.2) is 48.9 Å². The van der Waals surface area contributed by atoms with Gasteiger partial charge in [0.05, 0.1) is 24.8 Å². The van der Waals surface area contributed by atoms with Crippen molar-refractivity contribution in [2.75, 3.05) is 36.9 Å². The van der Waals surface area contributed by atoms with Gasteiger partial charge in [-0.25, -0.2) is 0 Å². The number of anilines is 1. The number of fused-ring (bicyclic) bond motifs is 1. The molecular formula is C21H24N2O2S. The van der Waals surface area contributed by atoms with Crippen molar-refractivity contribution < 1.29 is 9.53 Å². The molecule has 4 nitrogen and oxygen atoms in total. The van der Waals surface area contributed by atoms with E-state index >= 15 is 0 Å². The molecule has 2 heterocycles. The molecule has 5 heteroatoms. The first-order valence-corrected chi connectivity index (χ1v) is 10.2. The summed E-state index contributed by atoms with van der Waals surface area (Å²) in [5, 5.41) is 0. The third-order valence-electron chi connectivity index (χ3n) is 4.90. The highest BCUT2D eigenvalue weighted by atomic mass is 32.2. The van der Waals surface area contributed by atoms with Gasteiger partial charge in [-0.15, -0.1) is 11.8 Å². The number of para-hydroxylation sites is 1. The maximum Gasteiger partial charge on any atom is 0.229 e. The Bertz CT molecular complexity index is 753. The van der Waals surface area contributed by atoms with Gasteiger partial charge in [0.15, 0.2) is 0 Å². The van der Waals surface area contributed by atoms with Gasteiger partial charge in [-0.3, -0.25) is 9.69 Å². The molecule has 1 amide bonds. The van der Waals surface area contributed by atoms with Crippen molar-refractivity contribution in [3.8, 4) is 0 Å². The fraction of sp³-hybridized carbons (Fsp3) is 0.381. The summed E-state index contributed by atoms with van der Waals surface area (Å²) >= 11 is 1.82. The summed E-state index contributed by atoms with van der Waals surface area (Å²) in [4.78, 5) is 18.4. The van der Waals surface area contributed by atoms with Gasteiger partial charge in [0.25, 0.3) is 0 Å². The molecule has 26 heavy (non-hydrogen) atoms. The highest BCUT2D eigenvalue weighted by Crippen LogP contribution is 2.34. The third kappa shape index (κ3) is 4.11. The van der Waals surface area contributed by atoms with Crippen molar-refractivity contribution in [3.05, 3.63) is 60.2 Å². The number of morpholine rings is 1. The molecule has 2 aliphatic rings. The van der Waals surface area contributed by atoms with E-state index in [0.717, 1.165) is 37.6 Å². The van der Waals surface area contributed by atoms with Crippen LogP contribution in [0.2, 0.25) is 0 Å². The number of hydrogen-bond acceptors (Lipinski definition) is 4. The molecule has 0 aromatic heterocycles. The van der Waals surface area contributed by atoms with E-state index in [1.807, 2.05) is 40.9 Å². The van der Waals surface area contributed by atoms with Crippen LogP contribution in [0.3, 0.4) is 0 Å². The first-order valence-electron chi connectivity index (χ1n) is 9.20. The number of carbonyl (C=O) groups is 1. The minimum Gasteiger partial charge on any atom is -0.375 e. The van der Waals surface area contributed by atoms with E-state index in [-0.39, 0.29) is 12.0 Å². The van der Waals surface area contributed by atoms with Crippen molar-refractivity contribution in [3.63, 3.8) is 0 Å². The van der Waals surface area contributed by atoms with Crippen LogP contribution in [0.5, 0.6) is 0 Å². The molecule has 1 atom stereocenters. The summed E-state index contributed by atoms with van der Waals surface area (Å²) in [6.07, 6.45) is 0.423. The molecule has 0 saturated carbocycles. The molecule has 4 rings (SSSR count). The van der Waals surface area contributed by atoms with E-state index < -0.39 is 0 Å². The third-order valence-corrected chi connectivity index (χ3v) is 5.95. The highest BCUT2D eigenvalue weighted by molar-refractivity contribution is 7.99. The fourth-order valence-electron chi connectivity index (χ4n) is 3.62. The van der Waals surface area contributed by atoms with Crippen molar-refractivity contribution in [1.29, 1.82) is 0 Å². The molecule has 1 unspecified atom stereocenters. The summed E-state index contributed by atoms with van der Waals surface area (Å²) in [5.41, 5.74) is 2.35. The normalized spacial score (nSPS) is 20.6. The molecule has 2 aliphatic heterocycles. The molecule has 1 fully saturated rings. The Morgan fingerprint density at radius 1 is 1.08 bits per heavy atom. The van der Waals surface area contributed by atoms with Crippen LogP contribution in [0, 0.1) is 0 Å². The molecule has 0 radical (unpaired) electrons. The van der Waals surface area contributed by atoms with Crippen molar-refractivity contribution in [2.45, 2.75) is 24.0 Å². The van der Waals surface area contributed by atoms with Crippen molar-refractivity contribution >= 4 is 23.4 Å². The quantitative estimate of drug-likeness (QED) is 0.828. The highest BCUT2D eigenvalue weighted by Gasteiger charge is 2.28. The molecule has 0 spiro atoms. The maximum atomic E-state index is 12.9. The van der Waals surface area contributed by atoms with Gasteiger partial charge in [-0.2, -0.15) is 0 Å². The van der Waals surface area contributed by atoms with Gasteiger partial charge in [-0.05, 0) is 17.7 Å². The molecular weight excluding hydrogens is 344 g/mol. The summed E-state index contributed by atoms with van der Waals surface area (Å²) in [6.45, 7) is 4.11. The molecule has 1 saturated heterocycles. The number of amides is 1. The number of rotatable bonds is 4. The molecule has 136 valence electrons. The van der Waals surface area contributed by atoms with Crippen LogP contribution in [-0.2, 0) is 16.1 Å². The SMILES string of the molecule is O=C(CC1CN(Cc2ccccc2)CCO1)N1CCSc2ccccc21. The van der Waals surface area contributed by atoms with E-state index in [1.54, 1.807) is 0 Å². The van der Waals surface area contributed by atoms with Gasteiger partial charge in [0.2, 0.25) is 5.91 Å². The Hall–Kier alpha value is -1.82. The molecule has 2 aromatic carbocycles. The summed E-state index contributed by atoms with van der Waals surface area (Å²) in [6, 6.07) is 18.7. The minimum absolute atomic E-state index is 0.0262. The predicted molar refractivity (Wildman–Crippen MR) is 106 cm³/mol. The van der Waals surface area contributed by atoms with Gasteiger partial charge < -0.3 is 9.64 Å². The summed E-state index contributed by atoms with van der Waals surface area (Å²) in [7, 11) is 0. The minimum atomic E-state index is -0.0262. The van der Waals surface area contributed by atoms with E-state index in [9.17, 15) is 4.79 Å². The Kier molecular flexibility index (Phi) is 5.58. The maximum absolute atomic E-state index is 12.9. The molecule has 0 bridgehead atoms. The lowest BCUT2D eigenvalue weighted by Crippen LogP contribution is -2.45. The van der Waals surface area contributed by atoms with Crippen LogP contribution >= 0.6 is 11.8 Å². The standard InChI is InChI=1S/C21H24N2O2S/c24-21(23-11-13-26-20-9-5-4-8-19(20)23)14-18-16-22(10-12-25-18)15-17-6-2-1-3-7-17/h1-9,18H,10-16H2. The van der Waals surface area contributed by atoms with Gasteiger partial charge in [0, 0.05) is 36.8 Å². The van der Waals surface area contributed by atoms with Crippen molar-refractivity contribution in [2.24, 2.45) is 0 Å². The zero-order valence-corrected chi connectivity index (χ0v) is 15.7. The second-order valence-electron chi connectivity index (χ2n) is 6.78. The molecule has 0 N–H and O–H groups in total. The summed E-state index contributed by atoms with van der Waals surface area (Å²) in [5.74, 6) is 1.12. The lowest BCUT2D eigenvalue weighted by atomic mass is 10.1. The number of thioether (sulfide) groups is 1. The predicted octanol–water partition coefficient (Wildman–Crippen LogP) is 3.42. The average Bonchev–Trinajstić information content (AvgIpc) is 2.68. The van der Waals surface area contributed by atoms with Crippen LogP contribution in [0.25, 0.3) is 0 Å². The number of benzene rings is 2. The first-order chi connectivity index (χ1) is 12.8. The van der Waals surface area contributed by atoms with Crippen LogP contribution in [0.1, 0.15) is 12.0 Å². The van der Waals surface area contributed by atoms with Crippen LogP contribution in [0.4, 0.5) is 5.69 Å². The average molecular weight is 369 g/mol. The van der Waals surface area contributed by atoms with Crippen molar-refractivity contribution in [1.82, 2.24) is 4.90 Å². The van der Waals surface area contributed by atoms with E-state index in [2.05, 4.69) is 35.2 Å².